The molecule has 4 rings (SSSR count). The van der Waals surface area contributed by atoms with E-state index in [-0.39, 0.29) is 15.7 Å². The number of sulfonamides is 1. The van der Waals surface area contributed by atoms with E-state index in [2.05, 4.69) is 0 Å². The zero-order chi connectivity index (χ0) is 18.9. The van der Waals surface area contributed by atoms with E-state index >= 15 is 0 Å². The van der Waals surface area contributed by atoms with Gasteiger partial charge in [-0.1, -0.05) is 6.42 Å². The summed E-state index contributed by atoms with van der Waals surface area (Å²) in [5.41, 5.74) is 0.545. The summed E-state index contributed by atoms with van der Waals surface area (Å²) >= 11 is 1.86. The zero-order valence-electron chi connectivity index (χ0n) is 15.4. The Kier molecular flexibility index (Phi) is 5.51. The normalized spacial score (nSPS) is 23.6. The third-order valence-corrected chi connectivity index (χ3v) is 9.02. The Morgan fingerprint density at radius 2 is 1.67 bits per heavy atom. The van der Waals surface area contributed by atoms with Gasteiger partial charge >= 0.3 is 0 Å². The first-order chi connectivity index (χ1) is 13.0. The van der Waals surface area contributed by atoms with Crippen LogP contribution >= 0.6 is 11.8 Å². The molecule has 8 heteroatoms. The molecule has 0 bridgehead atoms. The fraction of sp³-hybridized carbons (Fsp3) is 0.632. The van der Waals surface area contributed by atoms with Crippen molar-refractivity contribution in [2.75, 3.05) is 38.5 Å². The average molecular weight is 411 g/mol. The second kappa shape index (κ2) is 7.73. The third-order valence-electron chi connectivity index (χ3n) is 5.68. The molecule has 3 fully saturated rings. The van der Waals surface area contributed by atoms with Crippen LogP contribution in [0, 0.1) is 0 Å². The molecule has 27 heavy (non-hydrogen) atoms. The van der Waals surface area contributed by atoms with Gasteiger partial charge in [0.2, 0.25) is 10.0 Å². The molecule has 0 N–H and O–H groups in total. The van der Waals surface area contributed by atoms with Gasteiger partial charge in [0.05, 0.1) is 11.5 Å². The number of nitrogens with zero attached hydrogens (tertiary/aromatic N) is 2. The SMILES string of the molecule is O=C(c1ccc(S(=O)(=O)N2CCCCC2)cc1)N1CCC2(CC1)OCCS2. The molecule has 0 radical (unpaired) electrons. The highest BCUT2D eigenvalue weighted by molar-refractivity contribution is 8.00. The lowest BCUT2D eigenvalue weighted by Crippen LogP contribution is -2.45. The maximum absolute atomic E-state index is 12.8. The van der Waals surface area contributed by atoms with E-state index in [1.54, 1.807) is 28.6 Å². The van der Waals surface area contributed by atoms with E-state index in [1.807, 2.05) is 16.7 Å². The summed E-state index contributed by atoms with van der Waals surface area (Å²) in [6.07, 6.45) is 4.61. The van der Waals surface area contributed by atoms with Gasteiger partial charge in [-0.3, -0.25) is 4.79 Å². The van der Waals surface area contributed by atoms with Crippen molar-refractivity contribution in [1.82, 2.24) is 9.21 Å². The van der Waals surface area contributed by atoms with Crippen LogP contribution in [0.4, 0.5) is 0 Å². The maximum atomic E-state index is 12.8. The Morgan fingerprint density at radius 3 is 2.26 bits per heavy atom. The lowest BCUT2D eigenvalue weighted by molar-refractivity contribution is 0.00352. The van der Waals surface area contributed by atoms with Crippen molar-refractivity contribution in [2.24, 2.45) is 0 Å². The summed E-state index contributed by atoms with van der Waals surface area (Å²) in [5, 5.41) is 0. The number of piperidine rings is 2. The number of hydrogen-bond acceptors (Lipinski definition) is 5. The summed E-state index contributed by atoms with van der Waals surface area (Å²) in [5.74, 6) is 0.996. The predicted molar refractivity (Wildman–Crippen MR) is 105 cm³/mol. The largest absolute Gasteiger partial charge is 0.363 e. The van der Waals surface area contributed by atoms with Crippen LogP contribution < -0.4 is 0 Å². The number of benzene rings is 1. The van der Waals surface area contributed by atoms with E-state index in [0.29, 0.717) is 31.7 Å². The van der Waals surface area contributed by atoms with Crippen molar-refractivity contribution >= 4 is 27.7 Å². The van der Waals surface area contributed by atoms with Crippen LogP contribution in [0.3, 0.4) is 0 Å². The Labute approximate surface area is 165 Å². The predicted octanol–water partition coefficient (Wildman–Crippen LogP) is 2.56. The number of carbonyl (C=O) groups is 1. The minimum Gasteiger partial charge on any atom is -0.363 e. The van der Waals surface area contributed by atoms with E-state index in [9.17, 15) is 13.2 Å². The van der Waals surface area contributed by atoms with Crippen LogP contribution in [0.2, 0.25) is 0 Å². The zero-order valence-corrected chi connectivity index (χ0v) is 17.1. The highest BCUT2D eigenvalue weighted by Crippen LogP contribution is 2.41. The fourth-order valence-corrected chi connectivity index (χ4v) is 6.74. The quantitative estimate of drug-likeness (QED) is 0.766. The number of carbonyl (C=O) groups excluding carboxylic acids is 1. The van der Waals surface area contributed by atoms with Gasteiger partial charge in [-0.25, -0.2) is 8.42 Å². The molecule has 3 heterocycles. The maximum Gasteiger partial charge on any atom is 0.253 e. The summed E-state index contributed by atoms with van der Waals surface area (Å²) < 4.78 is 32.9. The minimum absolute atomic E-state index is 0.0326. The molecule has 0 atom stereocenters. The Balaban J connectivity index is 1.42. The second-order valence-electron chi connectivity index (χ2n) is 7.39. The van der Waals surface area contributed by atoms with Crippen LogP contribution in [-0.4, -0.2) is 67.0 Å². The van der Waals surface area contributed by atoms with Gasteiger partial charge in [0, 0.05) is 50.3 Å². The first-order valence-corrected chi connectivity index (χ1v) is 12.1. The van der Waals surface area contributed by atoms with Crippen molar-refractivity contribution in [3.05, 3.63) is 29.8 Å². The van der Waals surface area contributed by atoms with Gasteiger partial charge in [-0.05, 0) is 37.1 Å². The number of thioether (sulfide) groups is 1. The topological polar surface area (TPSA) is 66.9 Å². The van der Waals surface area contributed by atoms with E-state index in [1.165, 1.54) is 0 Å². The summed E-state index contributed by atoms with van der Waals surface area (Å²) in [6.45, 7) is 3.32. The third kappa shape index (κ3) is 3.90. The molecule has 3 aliphatic heterocycles. The van der Waals surface area contributed by atoms with E-state index < -0.39 is 10.0 Å². The Morgan fingerprint density at radius 1 is 1.00 bits per heavy atom. The fourth-order valence-electron chi connectivity index (χ4n) is 4.04. The minimum atomic E-state index is -3.46. The molecule has 1 aromatic rings. The van der Waals surface area contributed by atoms with Crippen LogP contribution in [0.25, 0.3) is 0 Å². The van der Waals surface area contributed by atoms with Crippen molar-refractivity contribution in [3.8, 4) is 0 Å². The van der Waals surface area contributed by atoms with Crippen LogP contribution in [0.5, 0.6) is 0 Å². The monoisotopic (exact) mass is 410 g/mol. The van der Waals surface area contributed by atoms with Crippen molar-refractivity contribution in [1.29, 1.82) is 0 Å². The molecule has 0 unspecified atom stereocenters. The molecule has 3 saturated heterocycles. The van der Waals surface area contributed by atoms with Gasteiger partial charge in [0.1, 0.15) is 4.93 Å². The van der Waals surface area contributed by atoms with Crippen molar-refractivity contribution < 1.29 is 17.9 Å². The molecular weight excluding hydrogens is 384 g/mol. The highest BCUT2D eigenvalue weighted by Gasteiger charge is 2.40. The van der Waals surface area contributed by atoms with Crippen LogP contribution in [0.1, 0.15) is 42.5 Å². The molecule has 6 nitrogen and oxygen atoms in total. The number of rotatable bonds is 3. The Bertz CT molecular complexity index is 772. The van der Waals surface area contributed by atoms with Gasteiger partial charge in [-0.2, -0.15) is 4.31 Å². The molecule has 3 aliphatic rings. The molecule has 1 amide bonds. The summed E-state index contributed by atoms with van der Waals surface area (Å²) in [7, 11) is -3.46. The number of likely N-dealkylation sites (tertiary alicyclic amines) is 1. The summed E-state index contributed by atoms with van der Waals surface area (Å²) in [4.78, 5) is 14.8. The van der Waals surface area contributed by atoms with E-state index in [0.717, 1.165) is 44.5 Å². The van der Waals surface area contributed by atoms with Gasteiger partial charge in [-0.15, -0.1) is 11.8 Å². The van der Waals surface area contributed by atoms with Gasteiger partial charge in [0.25, 0.3) is 5.91 Å². The lowest BCUT2D eigenvalue weighted by atomic mass is 10.1. The smallest absolute Gasteiger partial charge is 0.253 e. The molecule has 148 valence electrons. The molecule has 1 aromatic carbocycles. The Hall–Kier alpha value is -1.09. The first-order valence-electron chi connectivity index (χ1n) is 9.68. The van der Waals surface area contributed by atoms with Crippen molar-refractivity contribution in [2.45, 2.75) is 41.9 Å². The number of hydrogen-bond donors (Lipinski definition) is 0. The molecule has 0 saturated carbocycles. The van der Waals surface area contributed by atoms with Gasteiger partial charge < -0.3 is 9.64 Å². The first kappa shape index (κ1) is 19.2. The molecular formula is C19H26N2O4S2. The molecule has 1 spiro atoms. The van der Waals surface area contributed by atoms with Gasteiger partial charge in [0.15, 0.2) is 0 Å². The summed E-state index contributed by atoms with van der Waals surface area (Å²) in [6, 6.07) is 6.42. The molecule has 0 aromatic heterocycles. The lowest BCUT2D eigenvalue weighted by Gasteiger charge is -2.37. The average Bonchev–Trinajstić information content (AvgIpc) is 3.17. The van der Waals surface area contributed by atoms with Crippen LogP contribution in [0.15, 0.2) is 29.2 Å². The van der Waals surface area contributed by atoms with Crippen LogP contribution in [-0.2, 0) is 14.8 Å². The second-order valence-corrected chi connectivity index (χ2v) is 10.8. The van der Waals surface area contributed by atoms with Crippen molar-refractivity contribution in [3.63, 3.8) is 0 Å². The molecule has 0 aliphatic carbocycles. The number of amides is 1. The number of ether oxygens (including phenoxy) is 1. The standard InChI is InChI=1S/C19H26N2O4S2/c22-18(20-12-8-19(9-13-20)25-14-15-26-19)16-4-6-17(7-5-16)27(23,24)21-10-2-1-3-11-21/h4-7H,1-3,8-15H2. The van der Waals surface area contributed by atoms with E-state index in [4.69, 9.17) is 4.74 Å². The highest BCUT2D eigenvalue weighted by atomic mass is 32.2.